The van der Waals surface area contributed by atoms with E-state index in [2.05, 4.69) is 38.7 Å². The van der Waals surface area contributed by atoms with E-state index in [0.29, 0.717) is 11.8 Å². The van der Waals surface area contributed by atoms with Crippen LogP contribution in [0.3, 0.4) is 0 Å². The Bertz CT molecular complexity index is 569. The van der Waals surface area contributed by atoms with E-state index < -0.39 is 0 Å². The topological polar surface area (TPSA) is 32.7 Å². The summed E-state index contributed by atoms with van der Waals surface area (Å²) >= 11 is 0. The van der Waals surface area contributed by atoms with Crippen LogP contribution in [0.2, 0.25) is 0 Å². The highest BCUT2D eigenvalue weighted by molar-refractivity contribution is 5.49. The van der Waals surface area contributed by atoms with Gasteiger partial charge in [0.2, 0.25) is 0 Å². The van der Waals surface area contributed by atoms with Gasteiger partial charge in [-0.3, -0.25) is 4.90 Å². The van der Waals surface area contributed by atoms with Crippen molar-refractivity contribution >= 4 is 0 Å². The molecule has 3 rings (SSSR count). The molecule has 0 aromatic heterocycles. The van der Waals surface area contributed by atoms with E-state index in [9.17, 15) is 5.11 Å². The summed E-state index contributed by atoms with van der Waals surface area (Å²) in [4.78, 5) is 2.60. The maximum absolute atomic E-state index is 10.5. The molecule has 2 unspecified atom stereocenters. The number of nitrogens with zero attached hydrogens (tertiary/aromatic N) is 1. The minimum Gasteiger partial charge on any atom is -0.508 e. The first kappa shape index (κ1) is 15.8. The van der Waals surface area contributed by atoms with Gasteiger partial charge in [-0.25, -0.2) is 0 Å². The van der Waals surface area contributed by atoms with Crippen LogP contribution >= 0.6 is 0 Å². The molecule has 2 bridgehead atoms. The molecule has 2 aliphatic rings. The summed E-state index contributed by atoms with van der Waals surface area (Å²) in [7, 11) is 1.79. The number of phenols is 1. The molecule has 1 saturated heterocycles. The Kier molecular flexibility index (Phi) is 3.77. The van der Waals surface area contributed by atoms with Gasteiger partial charge in [-0.1, -0.05) is 32.9 Å². The van der Waals surface area contributed by atoms with Gasteiger partial charge in [-0.2, -0.15) is 0 Å². The Balaban J connectivity index is 2.04. The van der Waals surface area contributed by atoms with Crippen LogP contribution in [0.25, 0.3) is 0 Å². The molecule has 3 nitrogen and oxygen atoms in total. The predicted molar refractivity (Wildman–Crippen MR) is 89.4 cm³/mol. The molecule has 122 valence electrons. The number of ether oxygens (including phenoxy) is 1. The van der Waals surface area contributed by atoms with Crippen LogP contribution in [0.4, 0.5) is 0 Å². The van der Waals surface area contributed by atoms with Crippen molar-refractivity contribution in [2.75, 3.05) is 20.2 Å². The molecule has 0 amide bonds. The van der Waals surface area contributed by atoms with Crippen LogP contribution in [-0.4, -0.2) is 42.4 Å². The maximum atomic E-state index is 10.5. The number of piperidine rings is 1. The smallest absolute Gasteiger partial charge is 0.119 e. The minimum atomic E-state index is 0.0312. The molecular weight excluding hydrogens is 274 g/mol. The number of aromatic hydroxyl groups is 1. The fraction of sp³-hybridized carbons (Fsp3) is 0.684. The fourth-order valence-corrected chi connectivity index (χ4v) is 4.73. The zero-order valence-corrected chi connectivity index (χ0v) is 14.5. The summed E-state index contributed by atoms with van der Waals surface area (Å²) < 4.78 is 5.49. The van der Waals surface area contributed by atoms with Crippen molar-refractivity contribution in [1.82, 2.24) is 4.90 Å². The Morgan fingerprint density at radius 1 is 1.36 bits per heavy atom. The van der Waals surface area contributed by atoms with Crippen molar-refractivity contribution in [2.45, 2.75) is 58.1 Å². The Hall–Kier alpha value is -1.06. The van der Waals surface area contributed by atoms with Crippen molar-refractivity contribution < 1.29 is 9.84 Å². The molecule has 0 saturated carbocycles. The number of fused-ring (bicyclic) bond motifs is 4. The van der Waals surface area contributed by atoms with Crippen molar-refractivity contribution in [3.05, 3.63) is 29.3 Å². The molecule has 1 aromatic rings. The van der Waals surface area contributed by atoms with E-state index in [-0.39, 0.29) is 16.9 Å². The van der Waals surface area contributed by atoms with Crippen LogP contribution < -0.4 is 0 Å². The largest absolute Gasteiger partial charge is 0.508 e. The van der Waals surface area contributed by atoms with E-state index in [1.54, 1.807) is 7.11 Å². The van der Waals surface area contributed by atoms with Crippen LogP contribution in [0.1, 0.15) is 45.2 Å². The minimum absolute atomic E-state index is 0.0312. The second kappa shape index (κ2) is 5.24. The lowest BCUT2D eigenvalue weighted by atomic mass is 9.51. The lowest BCUT2D eigenvalue weighted by molar-refractivity contribution is -0.0576. The van der Waals surface area contributed by atoms with Gasteiger partial charge in [0.25, 0.3) is 0 Å². The van der Waals surface area contributed by atoms with Crippen LogP contribution in [0.15, 0.2) is 18.2 Å². The van der Waals surface area contributed by atoms with Gasteiger partial charge in [-0.05, 0) is 43.4 Å². The van der Waals surface area contributed by atoms with E-state index in [1.807, 2.05) is 12.1 Å². The molecular formula is C19H29NO2. The van der Waals surface area contributed by atoms with Gasteiger partial charge in [0, 0.05) is 30.7 Å². The number of benzene rings is 1. The third-order valence-corrected chi connectivity index (χ3v) is 6.58. The quantitative estimate of drug-likeness (QED) is 0.929. The van der Waals surface area contributed by atoms with E-state index in [4.69, 9.17) is 4.74 Å². The molecule has 1 fully saturated rings. The van der Waals surface area contributed by atoms with E-state index >= 15 is 0 Å². The number of methoxy groups -OCH3 is 1. The highest BCUT2D eigenvalue weighted by Crippen LogP contribution is 2.57. The van der Waals surface area contributed by atoms with Crippen molar-refractivity contribution in [2.24, 2.45) is 5.41 Å². The standard InChI is InChI=1S/C19H29NO2/c1-13(22-5)12-20-10-9-19(4)17-14(7-6-8-15(17)21)11-16(20)18(19,2)3/h6-8,13,16,21H,9-12H2,1-5H3/t13?,16-,19?/m1/s1. The van der Waals surface area contributed by atoms with Gasteiger partial charge in [0.05, 0.1) is 6.10 Å². The molecule has 3 heteroatoms. The van der Waals surface area contributed by atoms with E-state index in [1.165, 1.54) is 11.1 Å². The van der Waals surface area contributed by atoms with Crippen LogP contribution in [-0.2, 0) is 16.6 Å². The average Bonchev–Trinajstić information content (AvgIpc) is 2.45. The van der Waals surface area contributed by atoms with Gasteiger partial charge in [0.1, 0.15) is 5.75 Å². The van der Waals surface area contributed by atoms with Crippen molar-refractivity contribution in [3.63, 3.8) is 0 Å². The summed E-state index contributed by atoms with van der Waals surface area (Å²) in [5.41, 5.74) is 2.67. The summed E-state index contributed by atoms with van der Waals surface area (Å²) in [6, 6.07) is 6.52. The molecule has 1 aliphatic carbocycles. The van der Waals surface area contributed by atoms with Crippen molar-refractivity contribution in [3.8, 4) is 5.75 Å². The van der Waals surface area contributed by atoms with Gasteiger partial charge < -0.3 is 9.84 Å². The maximum Gasteiger partial charge on any atom is 0.119 e. The van der Waals surface area contributed by atoms with Gasteiger partial charge >= 0.3 is 0 Å². The third kappa shape index (κ3) is 2.10. The highest BCUT2D eigenvalue weighted by Gasteiger charge is 2.56. The first-order valence-electron chi connectivity index (χ1n) is 8.39. The molecule has 1 aromatic carbocycles. The number of rotatable bonds is 3. The number of hydrogen-bond donors (Lipinski definition) is 1. The summed E-state index contributed by atoms with van der Waals surface area (Å²) in [5, 5.41) is 10.5. The number of phenolic OH excluding ortho intramolecular Hbond substituents is 1. The molecule has 1 N–H and O–H groups in total. The summed E-state index contributed by atoms with van der Waals surface area (Å²) in [6.45, 7) is 11.3. The SMILES string of the molecule is COC(C)CN1CCC2(C)c3c(O)cccc3C[C@@H]1C2(C)C. The molecule has 1 aliphatic heterocycles. The monoisotopic (exact) mass is 303 g/mol. The first-order chi connectivity index (χ1) is 10.3. The van der Waals surface area contributed by atoms with Gasteiger partial charge in [-0.15, -0.1) is 0 Å². The summed E-state index contributed by atoms with van der Waals surface area (Å²) in [6.07, 6.45) is 2.35. The second-order valence-electron chi connectivity index (χ2n) is 7.88. The highest BCUT2D eigenvalue weighted by atomic mass is 16.5. The van der Waals surface area contributed by atoms with Crippen LogP contribution in [0.5, 0.6) is 5.75 Å². The Morgan fingerprint density at radius 3 is 2.77 bits per heavy atom. The summed E-state index contributed by atoms with van der Waals surface area (Å²) in [5.74, 6) is 0.477. The van der Waals surface area contributed by atoms with Crippen LogP contribution in [0, 0.1) is 5.41 Å². The lowest BCUT2D eigenvalue weighted by Crippen LogP contribution is -2.64. The molecule has 1 heterocycles. The average molecular weight is 303 g/mol. The molecule has 22 heavy (non-hydrogen) atoms. The Morgan fingerprint density at radius 2 is 2.09 bits per heavy atom. The normalized spacial score (nSPS) is 31.6. The fourth-order valence-electron chi connectivity index (χ4n) is 4.73. The lowest BCUT2D eigenvalue weighted by Gasteiger charge is -2.61. The molecule has 3 atom stereocenters. The number of hydrogen-bond acceptors (Lipinski definition) is 3. The number of likely N-dealkylation sites (tertiary alicyclic amines) is 1. The molecule has 0 radical (unpaired) electrons. The van der Waals surface area contributed by atoms with Gasteiger partial charge in [0.15, 0.2) is 0 Å². The molecule has 0 spiro atoms. The zero-order valence-electron chi connectivity index (χ0n) is 14.5. The van der Waals surface area contributed by atoms with E-state index in [0.717, 1.165) is 25.9 Å². The zero-order chi connectivity index (χ0) is 16.1. The Labute approximate surface area is 134 Å². The first-order valence-corrected chi connectivity index (χ1v) is 8.39. The van der Waals surface area contributed by atoms with Crippen molar-refractivity contribution in [1.29, 1.82) is 0 Å². The third-order valence-electron chi connectivity index (χ3n) is 6.58. The predicted octanol–water partition coefficient (Wildman–Crippen LogP) is 3.34. The second-order valence-corrected chi connectivity index (χ2v) is 7.88.